The molecule has 0 bridgehead atoms. The van der Waals surface area contributed by atoms with E-state index in [2.05, 4.69) is 0 Å². The summed E-state index contributed by atoms with van der Waals surface area (Å²) in [7, 11) is 0. The van der Waals surface area contributed by atoms with E-state index in [1.54, 1.807) is 36.4 Å². The maximum atomic E-state index is 13.6. The first-order chi connectivity index (χ1) is 18.1. The van der Waals surface area contributed by atoms with Gasteiger partial charge in [0.2, 0.25) is 5.78 Å². The fourth-order valence-electron chi connectivity index (χ4n) is 4.49. The summed E-state index contributed by atoms with van der Waals surface area (Å²) < 4.78 is 11.6. The molecule has 0 saturated carbocycles. The van der Waals surface area contributed by atoms with E-state index < -0.39 is 23.5 Å². The van der Waals surface area contributed by atoms with Crippen molar-refractivity contribution in [1.82, 2.24) is 0 Å². The number of aliphatic hydroxyl groups is 1. The number of amides is 1. The van der Waals surface area contributed by atoms with Gasteiger partial charge < -0.3 is 14.3 Å². The number of aliphatic hydroxyl groups excluding tert-OH is 1. The van der Waals surface area contributed by atoms with E-state index in [-0.39, 0.29) is 11.3 Å². The number of thiophene rings is 1. The van der Waals surface area contributed by atoms with Gasteiger partial charge in [-0.05, 0) is 53.4 Å². The quantitative estimate of drug-likeness (QED) is 0.244. The Morgan fingerprint density at radius 3 is 2.43 bits per heavy atom. The zero-order chi connectivity index (χ0) is 25.4. The third-order valence-electron chi connectivity index (χ3n) is 6.28. The second kappa shape index (κ2) is 9.44. The molecule has 0 fully saturated rings. The van der Waals surface area contributed by atoms with Gasteiger partial charge in [-0.2, -0.15) is 0 Å². The van der Waals surface area contributed by atoms with Crippen LogP contribution in [0.4, 0.5) is 5.69 Å². The van der Waals surface area contributed by atoms with Crippen LogP contribution in [0.15, 0.2) is 118 Å². The molecular weight excluding hydrogens is 486 g/mol. The highest BCUT2D eigenvalue weighted by Crippen LogP contribution is 2.44. The fourth-order valence-corrected chi connectivity index (χ4v) is 5.31. The van der Waals surface area contributed by atoms with Gasteiger partial charge >= 0.3 is 0 Å². The van der Waals surface area contributed by atoms with Crippen LogP contribution in [0.2, 0.25) is 0 Å². The molecule has 37 heavy (non-hydrogen) atoms. The molecule has 1 amide bonds. The highest BCUT2D eigenvalue weighted by atomic mass is 32.1. The molecule has 1 aliphatic heterocycles. The van der Waals surface area contributed by atoms with Crippen LogP contribution < -0.4 is 9.64 Å². The van der Waals surface area contributed by atoms with Gasteiger partial charge in [0.05, 0.1) is 5.57 Å². The summed E-state index contributed by atoms with van der Waals surface area (Å²) >= 11 is 1.41. The monoisotopic (exact) mass is 507 g/mol. The van der Waals surface area contributed by atoms with Crippen LogP contribution in [0.3, 0.4) is 0 Å². The first-order valence-corrected chi connectivity index (χ1v) is 12.6. The number of ether oxygens (including phenoxy) is 1. The van der Waals surface area contributed by atoms with E-state index >= 15 is 0 Å². The molecule has 0 aliphatic carbocycles. The summed E-state index contributed by atoms with van der Waals surface area (Å²) in [6.07, 6.45) is 0. The van der Waals surface area contributed by atoms with Gasteiger partial charge in [-0.1, -0.05) is 54.6 Å². The summed E-state index contributed by atoms with van der Waals surface area (Å²) in [6, 6.07) is 28.7. The molecule has 1 unspecified atom stereocenters. The zero-order valence-corrected chi connectivity index (χ0v) is 20.4. The summed E-state index contributed by atoms with van der Waals surface area (Å²) in [5.41, 5.74) is 2.14. The number of carbonyl (C=O) groups is 2. The molecule has 182 valence electrons. The van der Waals surface area contributed by atoms with Crippen molar-refractivity contribution in [2.24, 2.45) is 0 Å². The number of furan rings is 1. The first-order valence-electron chi connectivity index (χ1n) is 11.7. The van der Waals surface area contributed by atoms with Gasteiger partial charge in [-0.15, -0.1) is 11.3 Å². The summed E-state index contributed by atoms with van der Waals surface area (Å²) in [5.74, 6) is -1.03. The van der Waals surface area contributed by atoms with Gasteiger partial charge in [0.25, 0.3) is 5.91 Å². The Hall–Kier alpha value is -4.62. The zero-order valence-electron chi connectivity index (χ0n) is 19.5. The highest BCUT2D eigenvalue weighted by molar-refractivity contribution is 7.10. The Bertz CT molecular complexity index is 1580. The average molecular weight is 508 g/mol. The molecule has 0 spiro atoms. The molecule has 5 aromatic rings. The number of fused-ring (bicyclic) bond motifs is 1. The lowest BCUT2D eigenvalue weighted by Crippen LogP contribution is -2.30. The maximum Gasteiger partial charge on any atom is 0.294 e. The fraction of sp³-hybridized carbons (Fsp3) is 0.0667. The summed E-state index contributed by atoms with van der Waals surface area (Å²) in [6.45, 7) is 0.416. The molecule has 0 saturated heterocycles. The van der Waals surface area contributed by atoms with Crippen LogP contribution >= 0.6 is 11.3 Å². The normalized spacial score (nSPS) is 15.5. The lowest BCUT2D eigenvalue weighted by atomic mass is 10.00. The molecule has 3 aromatic carbocycles. The Labute approximate surface area is 216 Å². The summed E-state index contributed by atoms with van der Waals surface area (Å²) in [4.78, 5) is 29.2. The van der Waals surface area contributed by atoms with Crippen molar-refractivity contribution in [3.8, 4) is 5.75 Å². The average Bonchev–Trinajstić information content (AvgIpc) is 3.67. The van der Waals surface area contributed by atoms with Crippen molar-refractivity contribution < 1.29 is 23.8 Å². The molecule has 2 aromatic heterocycles. The molecule has 1 atom stereocenters. The number of ketones is 1. The van der Waals surface area contributed by atoms with Crippen LogP contribution in [0.5, 0.6) is 5.75 Å². The van der Waals surface area contributed by atoms with Crippen LogP contribution in [0, 0.1) is 0 Å². The number of anilines is 1. The number of hydrogen-bond acceptors (Lipinski definition) is 6. The van der Waals surface area contributed by atoms with Crippen molar-refractivity contribution in [1.29, 1.82) is 0 Å². The molecule has 3 heterocycles. The second-order valence-corrected chi connectivity index (χ2v) is 9.58. The van der Waals surface area contributed by atoms with E-state index in [1.807, 2.05) is 66.0 Å². The minimum atomic E-state index is -0.788. The largest absolute Gasteiger partial charge is 0.503 e. The standard InChI is InChI=1S/C30H21NO5S/c32-28(24-17-20-9-4-5-10-23(20)36-24)26-27(25-11-6-16-37-25)31(30(34)29(26)33)21-12-14-22(15-13-21)35-18-19-7-2-1-3-8-19/h1-17,27,33H,18H2. The van der Waals surface area contributed by atoms with Crippen molar-refractivity contribution in [2.45, 2.75) is 12.6 Å². The summed E-state index contributed by atoms with van der Waals surface area (Å²) in [5, 5.41) is 13.6. The lowest BCUT2D eigenvalue weighted by Gasteiger charge is -2.25. The Morgan fingerprint density at radius 1 is 0.946 bits per heavy atom. The number of rotatable bonds is 7. The number of carbonyl (C=O) groups excluding carboxylic acids is 2. The van der Waals surface area contributed by atoms with E-state index in [0.717, 1.165) is 15.8 Å². The molecule has 1 aliphatic rings. The van der Waals surface area contributed by atoms with Gasteiger partial charge in [0, 0.05) is 16.0 Å². The number of benzene rings is 3. The maximum absolute atomic E-state index is 13.6. The van der Waals surface area contributed by atoms with Crippen LogP contribution in [-0.2, 0) is 11.4 Å². The van der Waals surface area contributed by atoms with E-state index in [9.17, 15) is 14.7 Å². The predicted octanol–water partition coefficient (Wildman–Crippen LogP) is 6.86. The Morgan fingerprint density at radius 2 is 1.70 bits per heavy atom. The predicted molar refractivity (Wildman–Crippen MR) is 142 cm³/mol. The smallest absolute Gasteiger partial charge is 0.294 e. The van der Waals surface area contributed by atoms with Crippen molar-refractivity contribution in [3.63, 3.8) is 0 Å². The topological polar surface area (TPSA) is 80.0 Å². The first kappa shape index (κ1) is 22.8. The Kier molecular flexibility index (Phi) is 5.82. The van der Waals surface area contributed by atoms with E-state index in [1.165, 1.54) is 16.2 Å². The Balaban J connectivity index is 1.32. The molecule has 0 radical (unpaired) electrons. The third-order valence-corrected chi connectivity index (χ3v) is 7.20. The van der Waals surface area contributed by atoms with Crippen LogP contribution in [0.25, 0.3) is 11.0 Å². The molecule has 1 N–H and O–H groups in total. The van der Waals surface area contributed by atoms with Crippen molar-refractivity contribution in [3.05, 3.63) is 130 Å². The van der Waals surface area contributed by atoms with Crippen molar-refractivity contribution in [2.75, 3.05) is 4.90 Å². The van der Waals surface area contributed by atoms with Crippen molar-refractivity contribution >= 4 is 39.7 Å². The minimum Gasteiger partial charge on any atom is -0.503 e. The third kappa shape index (κ3) is 4.19. The number of hydrogen-bond donors (Lipinski definition) is 1. The van der Waals surface area contributed by atoms with Gasteiger partial charge in [-0.25, -0.2) is 0 Å². The molecule has 6 nitrogen and oxygen atoms in total. The van der Waals surface area contributed by atoms with Crippen LogP contribution in [0.1, 0.15) is 27.0 Å². The molecular formula is C30H21NO5S. The van der Waals surface area contributed by atoms with E-state index in [0.29, 0.717) is 23.6 Å². The second-order valence-electron chi connectivity index (χ2n) is 8.60. The van der Waals surface area contributed by atoms with Gasteiger partial charge in [-0.3, -0.25) is 14.5 Å². The lowest BCUT2D eigenvalue weighted by molar-refractivity contribution is -0.117. The van der Waals surface area contributed by atoms with E-state index in [4.69, 9.17) is 9.15 Å². The number of para-hydroxylation sites is 1. The number of nitrogens with zero attached hydrogens (tertiary/aromatic N) is 1. The molecule has 7 heteroatoms. The van der Waals surface area contributed by atoms with Gasteiger partial charge in [0.1, 0.15) is 24.0 Å². The van der Waals surface area contributed by atoms with Gasteiger partial charge in [0.15, 0.2) is 11.5 Å². The molecule has 6 rings (SSSR count). The van der Waals surface area contributed by atoms with Crippen LogP contribution in [-0.4, -0.2) is 16.8 Å². The highest BCUT2D eigenvalue weighted by Gasteiger charge is 2.45. The SMILES string of the molecule is O=C(C1=C(O)C(=O)N(c2ccc(OCc3ccccc3)cc2)C1c1cccs1)c1cc2ccccc2o1. The number of Topliss-reactive ketones (excluding diaryl/α,β-unsaturated/α-hetero) is 1. The minimum absolute atomic E-state index is 0.00379.